The third-order valence-electron chi connectivity index (χ3n) is 2.31. The van der Waals surface area contributed by atoms with E-state index in [9.17, 15) is 18.0 Å². The molecule has 5 nitrogen and oxygen atoms in total. The number of hydrogen-bond acceptors (Lipinski definition) is 4. The van der Waals surface area contributed by atoms with Crippen molar-refractivity contribution in [1.29, 1.82) is 0 Å². The van der Waals surface area contributed by atoms with Crippen molar-refractivity contribution in [3.05, 3.63) is 46.2 Å². The molecular weight excluding hydrogens is 332 g/mol. The molecule has 0 radical (unpaired) electrons. The summed E-state index contributed by atoms with van der Waals surface area (Å²) >= 11 is 11.5. The number of amides is 1. The van der Waals surface area contributed by atoms with Gasteiger partial charge in [-0.3, -0.25) is 9.78 Å². The van der Waals surface area contributed by atoms with E-state index in [0.29, 0.717) is 6.07 Å². The molecule has 21 heavy (non-hydrogen) atoms. The molecule has 0 atom stereocenters. The summed E-state index contributed by atoms with van der Waals surface area (Å²) in [6, 6.07) is 1.68. The maximum atomic E-state index is 12.4. The predicted molar refractivity (Wildman–Crippen MR) is 69.2 cm³/mol. The Morgan fingerprint density at radius 2 is 1.71 bits per heavy atom. The molecule has 10 heteroatoms. The Hall–Kier alpha value is -1.93. The van der Waals surface area contributed by atoms with Gasteiger partial charge >= 0.3 is 6.18 Å². The number of nitrogens with one attached hydrogen (secondary N) is 1. The van der Waals surface area contributed by atoms with Gasteiger partial charge in [-0.25, -0.2) is 9.97 Å². The van der Waals surface area contributed by atoms with Crippen LogP contribution in [0.15, 0.2) is 24.7 Å². The minimum Gasteiger partial charge on any atom is -0.317 e. The number of halogens is 5. The van der Waals surface area contributed by atoms with Crippen molar-refractivity contribution in [3.63, 3.8) is 0 Å². The first-order valence-electron chi connectivity index (χ1n) is 5.29. The lowest BCUT2D eigenvalue weighted by Gasteiger charge is -2.08. The highest BCUT2D eigenvalue weighted by Crippen LogP contribution is 2.28. The minimum atomic E-state index is -4.57. The van der Waals surface area contributed by atoms with Crippen LogP contribution < -0.4 is 5.32 Å². The molecule has 0 aromatic carbocycles. The number of nitrogens with zero attached hydrogens (tertiary/aromatic N) is 3. The zero-order valence-electron chi connectivity index (χ0n) is 9.95. The van der Waals surface area contributed by atoms with E-state index in [0.717, 1.165) is 18.6 Å². The summed E-state index contributed by atoms with van der Waals surface area (Å²) < 4.78 is 37.1. The van der Waals surface area contributed by atoms with Crippen LogP contribution in [0.5, 0.6) is 0 Å². The van der Waals surface area contributed by atoms with Gasteiger partial charge in [0, 0.05) is 6.20 Å². The van der Waals surface area contributed by atoms with Gasteiger partial charge < -0.3 is 5.32 Å². The zero-order chi connectivity index (χ0) is 15.6. The highest BCUT2D eigenvalue weighted by atomic mass is 35.5. The molecule has 110 valence electrons. The molecule has 0 saturated carbocycles. The molecule has 2 aromatic heterocycles. The van der Waals surface area contributed by atoms with Crippen LogP contribution in [0.25, 0.3) is 0 Å². The topological polar surface area (TPSA) is 67.8 Å². The van der Waals surface area contributed by atoms with Gasteiger partial charge in [0.25, 0.3) is 5.91 Å². The van der Waals surface area contributed by atoms with Crippen LogP contribution in [-0.2, 0) is 6.18 Å². The van der Waals surface area contributed by atoms with Crippen LogP contribution in [0.2, 0.25) is 10.3 Å². The van der Waals surface area contributed by atoms with Crippen molar-refractivity contribution in [1.82, 2.24) is 15.0 Å². The first-order valence-corrected chi connectivity index (χ1v) is 6.05. The fourth-order valence-corrected chi connectivity index (χ4v) is 1.74. The van der Waals surface area contributed by atoms with E-state index in [4.69, 9.17) is 23.2 Å². The summed E-state index contributed by atoms with van der Waals surface area (Å²) in [6.07, 6.45) is -2.68. The van der Waals surface area contributed by atoms with Crippen LogP contribution >= 0.6 is 23.2 Å². The average Bonchev–Trinajstić information content (AvgIpc) is 2.42. The lowest BCUT2D eigenvalue weighted by Crippen LogP contribution is -2.15. The lowest BCUT2D eigenvalue weighted by atomic mass is 10.2. The predicted octanol–water partition coefficient (Wildman–Crippen LogP) is 3.45. The maximum Gasteiger partial charge on any atom is 0.433 e. The first-order chi connectivity index (χ1) is 9.79. The van der Waals surface area contributed by atoms with Gasteiger partial charge in [0.1, 0.15) is 17.7 Å². The van der Waals surface area contributed by atoms with Crippen LogP contribution in [-0.4, -0.2) is 20.9 Å². The molecule has 0 aliphatic rings. The largest absolute Gasteiger partial charge is 0.433 e. The normalized spacial score (nSPS) is 11.3. The van der Waals surface area contributed by atoms with Crippen LogP contribution in [0.1, 0.15) is 16.1 Å². The molecule has 0 saturated heterocycles. The number of alkyl halides is 3. The second-order valence-corrected chi connectivity index (χ2v) is 4.43. The van der Waals surface area contributed by atoms with Gasteiger partial charge in [0.15, 0.2) is 10.3 Å². The molecule has 2 rings (SSSR count). The molecule has 1 N–H and O–H groups in total. The molecule has 0 aliphatic carbocycles. The van der Waals surface area contributed by atoms with Gasteiger partial charge in [0.2, 0.25) is 0 Å². The summed E-state index contributed by atoms with van der Waals surface area (Å²) in [4.78, 5) is 22.3. The Balaban J connectivity index is 2.21. The number of carbonyl (C=O) groups is 1. The molecule has 2 aromatic rings. The lowest BCUT2D eigenvalue weighted by molar-refractivity contribution is -0.141. The molecule has 0 spiro atoms. The zero-order valence-corrected chi connectivity index (χ0v) is 11.5. The standard InChI is InChI=1S/C11H5Cl2F3N4O/c12-8-7(9(13)19-4-18-8)20-10(21)5-1-2-6(17-3-5)11(14,15)16/h1-4H,(H,20,21). The number of rotatable bonds is 2. The fraction of sp³-hybridized carbons (Fsp3) is 0.0909. The summed E-state index contributed by atoms with van der Waals surface area (Å²) in [5.74, 6) is -0.741. The highest BCUT2D eigenvalue weighted by Gasteiger charge is 2.32. The van der Waals surface area contributed by atoms with Gasteiger partial charge in [0.05, 0.1) is 5.56 Å². The van der Waals surface area contributed by atoms with E-state index >= 15 is 0 Å². The number of carbonyl (C=O) groups excluding carboxylic acids is 1. The average molecular weight is 337 g/mol. The van der Waals surface area contributed by atoms with Gasteiger partial charge in [-0.05, 0) is 12.1 Å². The van der Waals surface area contributed by atoms with Crippen LogP contribution in [0.3, 0.4) is 0 Å². The first kappa shape index (κ1) is 15.5. The Kier molecular flexibility index (Phi) is 4.29. The second-order valence-electron chi connectivity index (χ2n) is 3.71. The third-order valence-corrected chi connectivity index (χ3v) is 2.88. The molecule has 1 amide bonds. The Bertz CT molecular complexity index is 656. The van der Waals surface area contributed by atoms with Crippen molar-refractivity contribution in [3.8, 4) is 0 Å². The molecule has 0 bridgehead atoms. The number of pyridine rings is 1. The van der Waals surface area contributed by atoms with Gasteiger partial charge in [-0.15, -0.1) is 0 Å². The van der Waals surface area contributed by atoms with Crippen molar-refractivity contribution in [2.45, 2.75) is 6.18 Å². The van der Waals surface area contributed by atoms with Crippen LogP contribution in [0.4, 0.5) is 18.9 Å². The third kappa shape index (κ3) is 3.59. The minimum absolute atomic E-state index is 0.0364. The highest BCUT2D eigenvalue weighted by molar-refractivity contribution is 6.38. The number of aromatic nitrogens is 3. The number of anilines is 1. The summed E-state index contributed by atoms with van der Waals surface area (Å²) in [6.45, 7) is 0. The van der Waals surface area contributed by atoms with E-state index in [1.165, 1.54) is 0 Å². The van der Waals surface area contributed by atoms with E-state index in [1.54, 1.807) is 0 Å². The fourth-order valence-electron chi connectivity index (χ4n) is 1.33. The van der Waals surface area contributed by atoms with Crippen LogP contribution in [0, 0.1) is 0 Å². The molecule has 2 heterocycles. The van der Waals surface area contributed by atoms with Gasteiger partial charge in [-0.1, -0.05) is 23.2 Å². The summed E-state index contributed by atoms with van der Waals surface area (Å²) in [7, 11) is 0. The quantitative estimate of drug-likeness (QED) is 0.853. The van der Waals surface area contributed by atoms with Gasteiger partial charge in [-0.2, -0.15) is 13.2 Å². The molecule has 0 unspecified atom stereocenters. The van der Waals surface area contributed by atoms with Crippen molar-refractivity contribution >= 4 is 34.8 Å². The van der Waals surface area contributed by atoms with Crippen molar-refractivity contribution in [2.24, 2.45) is 0 Å². The number of hydrogen-bond donors (Lipinski definition) is 1. The van der Waals surface area contributed by atoms with E-state index in [2.05, 4.69) is 20.3 Å². The molecule has 0 aliphatic heterocycles. The Morgan fingerprint density at radius 1 is 1.10 bits per heavy atom. The summed E-state index contributed by atoms with van der Waals surface area (Å²) in [5, 5.41) is 2.12. The monoisotopic (exact) mass is 336 g/mol. The van der Waals surface area contributed by atoms with E-state index in [1.807, 2.05) is 0 Å². The van der Waals surface area contributed by atoms with E-state index < -0.39 is 17.8 Å². The van der Waals surface area contributed by atoms with E-state index in [-0.39, 0.29) is 21.6 Å². The summed E-state index contributed by atoms with van der Waals surface area (Å²) in [5.41, 5.74) is -1.23. The Morgan fingerprint density at radius 3 is 2.19 bits per heavy atom. The smallest absolute Gasteiger partial charge is 0.317 e. The van der Waals surface area contributed by atoms with Crippen molar-refractivity contribution in [2.75, 3.05) is 5.32 Å². The molecule has 0 fully saturated rings. The SMILES string of the molecule is O=C(Nc1c(Cl)ncnc1Cl)c1ccc(C(F)(F)F)nc1. The second kappa shape index (κ2) is 5.82. The maximum absolute atomic E-state index is 12.4. The van der Waals surface area contributed by atoms with Crippen molar-refractivity contribution < 1.29 is 18.0 Å². The molecular formula is C11H5Cl2F3N4O. The Labute approximate surface area is 126 Å².